The Morgan fingerprint density at radius 3 is 2.64 bits per heavy atom. The van der Waals surface area contributed by atoms with E-state index in [2.05, 4.69) is 10.3 Å². The summed E-state index contributed by atoms with van der Waals surface area (Å²) in [4.78, 5) is 27.2. The van der Waals surface area contributed by atoms with Gasteiger partial charge in [-0.2, -0.15) is 4.68 Å². The molecule has 1 heterocycles. The molecule has 10 heteroatoms. The first kappa shape index (κ1) is 18.0. The van der Waals surface area contributed by atoms with Crippen LogP contribution in [0.2, 0.25) is 0 Å². The lowest BCUT2D eigenvalue weighted by Crippen LogP contribution is -2.23. The predicted molar refractivity (Wildman–Crippen MR) is 86.2 cm³/mol. The number of amidine groups is 1. The van der Waals surface area contributed by atoms with Gasteiger partial charge in [-0.3, -0.25) is 0 Å². The zero-order valence-corrected chi connectivity index (χ0v) is 13.5. The standard InChI is InChI=1S/C15H16FN5O4/c1-3-12(20-9(2)8-13(18-20)21(23)24)15(22)25-19-14(17)10-4-6-11(16)7-5-10/h4-8,12H,3H2,1-2H3,(H2,17,19). The minimum Gasteiger partial charge on any atom is -0.380 e. The zero-order valence-electron chi connectivity index (χ0n) is 13.5. The largest absolute Gasteiger partial charge is 0.390 e. The normalized spacial score (nSPS) is 12.7. The van der Waals surface area contributed by atoms with Crippen LogP contribution in [0.4, 0.5) is 10.2 Å². The SMILES string of the molecule is CCC(C(=O)O/N=C(\N)c1ccc(F)cc1)n1nc([N+](=O)[O-])cc1C. The summed E-state index contributed by atoms with van der Waals surface area (Å²) in [6.45, 7) is 3.29. The highest BCUT2D eigenvalue weighted by Crippen LogP contribution is 2.20. The minimum atomic E-state index is -0.890. The van der Waals surface area contributed by atoms with Crippen molar-refractivity contribution < 1.29 is 18.9 Å². The van der Waals surface area contributed by atoms with Crippen LogP contribution in [0, 0.1) is 22.9 Å². The Morgan fingerprint density at radius 2 is 2.12 bits per heavy atom. The van der Waals surface area contributed by atoms with Crippen LogP contribution in [0.3, 0.4) is 0 Å². The van der Waals surface area contributed by atoms with Crippen LogP contribution in [0.5, 0.6) is 0 Å². The number of nitrogens with two attached hydrogens (primary N) is 1. The number of halogens is 1. The maximum absolute atomic E-state index is 12.9. The average Bonchev–Trinajstić information content (AvgIpc) is 2.96. The summed E-state index contributed by atoms with van der Waals surface area (Å²) in [5.41, 5.74) is 6.50. The van der Waals surface area contributed by atoms with E-state index >= 15 is 0 Å². The molecule has 0 saturated heterocycles. The fourth-order valence-corrected chi connectivity index (χ4v) is 2.14. The van der Waals surface area contributed by atoms with Crippen molar-refractivity contribution in [3.8, 4) is 0 Å². The molecule has 1 aromatic carbocycles. The zero-order chi connectivity index (χ0) is 18.6. The number of rotatable bonds is 6. The first-order valence-corrected chi connectivity index (χ1v) is 7.34. The molecule has 2 rings (SSSR count). The number of carbonyl (C=O) groups excluding carboxylic acids is 1. The van der Waals surface area contributed by atoms with Gasteiger partial charge in [-0.15, -0.1) is 0 Å². The van der Waals surface area contributed by atoms with Gasteiger partial charge >= 0.3 is 11.8 Å². The highest BCUT2D eigenvalue weighted by molar-refractivity contribution is 5.97. The smallest absolute Gasteiger partial charge is 0.380 e. The number of hydrogen-bond acceptors (Lipinski definition) is 6. The Balaban J connectivity index is 2.16. The highest BCUT2D eigenvalue weighted by Gasteiger charge is 2.28. The van der Waals surface area contributed by atoms with Crippen LogP contribution in [0.25, 0.3) is 0 Å². The Morgan fingerprint density at radius 1 is 1.48 bits per heavy atom. The van der Waals surface area contributed by atoms with E-state index in [0.29, 0.717) is 11.3 Å². The Kier molecular flexibility index (Phi) is 5.42. The van der Waals surface area contributed by atoms with E-state index in [1.807, 2.05) is 0 Å². The summed E-state index contributed by atoms with van der Waals surface area (Å²) in [6.07, 6.45) is 0.282. The van der Waals surface area contributed by atoms with Crippen molar-refractivity contribution in [2.24, 2.45) is 10.9 Å². The molecule has 1 aromatic heterocycles. The van der Waals surface area contributed by atoms with Crippen molar-refractivity contribution in [1.29, 1.82) is 0 Å². The van der Waals surface area contributed by atoms with Gasteiger partial charge in [0.1, 0.15) is 5.82 Å². The van der Waals surface area contributed by atoms with Crippen LogP contribution in [-0.4, -0.2) is 26.5 Å². The number of nitro groups is 1. The van der Waals surface area contributed by atoms with Crippen molar-refractivity contribution in [3.63, 3.8) is 0 Å². The van der Waals surface area contributed by atoms with Gasteiger partial charge in [0.15, 0.2) is 11.9 Å². The summed E-state index contributed by atoms with van der Waals surface area (Å²) in [5.74, 6) is -1.67. The monoisotopic (exact) mass is 349 g/mol. The highest BCUT2D eigenvalue weighted by atomic mass is 19.1. The van der Waals surface area contributed by atoms with E-state index in [1.165, 1.54) is 35.0 Å². The molecule has 0 amide bonds. The minimum absolute atomic E-state index is 0.105. The van der Waals surface area contributed by atoms with E-state index in [4.69, 9.17) is 10.6 Å². The van der Waals surface area contributed by atoms with Crippen molar-refractivity contribution in [2.45, 2.75) is 26.3 Å². The lowest BCUT2D eigenvalue weighted by molar-refractivity contribution is -0.389. The Bertz CT molecular complexity index is 816. The predicted octanol–water partition coefficient (Wildman–Crippen LogP) is 2.05. The van der Waals surface area contributed by atoms with Crippen LogP contribution in [0.15, 0.2) is 35.5 Å². The second kappa shape index (κ2) is 7.51. The van der Waals surface area contributed by atoms with E-state index < -0.39 is 22.8 Å². The van der Waals surface area contributed by atoms with Gasteiger partial charge in [-0.1, -0.05) is 12.1 Å². The third kappa shape index (κ3) is 4.16. The van der Waals surface area contributed by atoms with Gasteiger partial charge < -0.3 is 20.7 Å². The maximum atomic E-state index is 12.9. The average molecular weight is 349 g/mol. The molecule has 1 atom stereocenters. The summed E-state index contributed by atoms with van der Waals surface area (Å²) < 4.78 is 14.1. The van der Waals surface area contributed by atoms with Crippen LogP contribution >= 0.6 is 0 Å². The van der Waals surface area contributed by atoms with Crippen molar-refractivity contribution in [2.75, 3.05) is 0 Å². The quantitative estimate of drug-likeness (QED) is 0.280. The Labute approximate surface area is 142 Å². The van der Waals surface area contributed by atoms with Gasteiger partial charge in [-0.05, 0) is 42.5 Å². The molecule has 0 aliphatic carbocycles. The lowest BCUT2D eigenvalue weighted by Gasteiger charge is -2.10. The number of nitrogens with zero attached hydrogens (tertiary/aromatic N) is 4. The van der Waals surface area contributed by atoms with Gasteiger partial charge in [0.25, 0.3) is 0 Å². The number of carbonyl (C=O) groups is 1. The molecule has 0 radical (unpaired) electrons. The van der Waals surface area contributed by atoms with Crippen molar-refractivity contribution in [1.82, 2.24) is 9.78 Å². The second-order valence-corrected chi connectivity index (χ2v) is 5.16. The van der Waals surface area contributed by atoms with E-state index in [9.17, 15) is 19.3 Å². The topological polar surface area (TPSA) is 126 Å². The molecule has 1 unspecified atom stereocenters. The van der Waals surface area contributed by atoms with E-state index in [0.717, 1.165) is 0 Å². The summed E-state index contributed by atoms with van der Waals surface area (Å²) in [7, 11) is 0. The fourth-order valence-electron chi connectivity index (χ4n) is 2.14. The molecular weight excluding hydrogens is 333 g/mol. The van der Waals surface area contributed by atoms with Gasteiger partial charge in [0.05, 0.1) is 16.9 Å². The second-order valence-electron chi connectivity index (χ2n) is 5.16. The van der Waals surface area contributed by atoms with Crippen molar-refractivity contribution >= 4 is 17.6 Å². The summed E-state index contributed by atoms with van der Waals surface area (Å²) in [5, 5.41) is 18.1. The van der Waals surface area contributed by atoms with E-state index in [1.54, 1.807) is 13.8 Å². The molecule has 2 N–H and O–H groups in total. The molecule has 132 valence electrons. The third-order valence-corrected chi connectivity index (χ3v) is 3.42. The van der Waals surface area contributed by atoms with Gasteiger partial charge in [-0.25, -0.2) is 9.18 Å². The third-order valence-electron chi connectivity index (χ3n) is 3.42. The number of oxime groups is 1. The number of aryl methyl sites for hydroxylation is 1. The molecule has 0 fully saturated rings. The van der Waals surface area contributed by atoms with E-state index in [-0.39, 0.29) is 18.1 Å². The Hall–Kier alpha value is -3.30. The number of hydrogen-bond donors (Lipinski definition) is 1. The van der Waals surface area contributed by atoms with Gasteiger partial charge in [0.2, 0.25) is 0 Å². The number of benzene rings is 1. The molecule has 0 bridgehead atoms. The molecule has 25 heavy (non-hydrogen) atoms. The molecule has 0 aliphatic heterocycles. The molecular formula is C15H16FN5O4. The van der Waals surface area contributed by atoms with Crippen LogP contribution in [-0.2, 0) is 9.63 Å². The molecule has 0 saturated carbocycles. The molecule has 0 spiro atoms. The van der Waals surface area contributed by atoms with Crippen molar-refractivity contribution in [3.05, 3.63) is 57.5 Å². The first-order chi connectivity index (χ1) is 11.8. The lowest BCUT2D eigenvalue weighted by atomic mass is 10.2. The fraction of sp³-hybridized carbons (Fsp3) is 0.267. The molecule has 0 aliphatic rings. The summed E-state index contributed by atoms with van der Waals surface area (Å²) >= 11 is 0. The first-order valence-electron chi connectivity index (χ1n) is 7.34. The maximum Gasteiger partial charge on any atom is 0.390 e. The molecule has 9 nitrogen and oxygen atoms in total. The van der Waals surface area contributed by atoms with Crippen LogP contribution in [0.1, 0.15) is 30.6 Å². The van der Waals surface area contributed by atoms with Gasteiger partial charge in [0, 0.05) is 5.56 Å². The number of aromatic nitrogens is 2. The molecule has 2 aromatic rings. The van der Waals surface area contributed by atoms with Crippen LogP contribution < -0.4 is 5.73 Å². The summed E-state index contributed by atoms with van der Waals surface area (Å²) in [6, 6.07) is 5.53.